The summed E-state index contributed by atoms with van der Waals surface area (Å²) < 4.78 is 23.2. The topological polar surface area (TPSA) is 114 Å². The molecule has 1 fully saturated rings. The molecule has 0 unspecified atom stereocenters. The summed E-state index contributed by atoms with van der Waals surface area (Å²) in [6.07, 6.45) is 2.76. The Morgan fingerprint density at radius 2 is 2.00 bits per heavy atom. The lowest BCUT2D eigenvalue weighted by molar-refractivity contribution is -0.128. The van der Waals surface area contributed by atoms with Gasteiger partial charge in [-0.05, 0) is 56.3 Å². The number of benzene rings is 2. The number of ether oxygens (including phenoxy) is 1. The van der Waals surface area contributed by atoms with Crippen LogP contribution in [0.3, 0.4) is 0 Å². The van der Waals surface area contributed by atoms with E-state index in [1.807, 2.05) is 32.2 Å². The molecule has 0 spiro atoms. The predicted molar refractivity (Wildman–Crippen MR) is 154 cm³/mol. The molecule has 1 atom stereocenters. The fourth-order valence-electron chi connectivity index (χ4n) is 5.02. The van der Waals surface area contributed by atoms with Crippen molar-refractivity contribution in [2.45, 2.75) is 19.9 Å². The molecule has 5 aromatic rings. The molecule has 12 heteroatoms. The van der Waals surface area contributed by atoms with Gasteiger partial charge in [-0.15, -0.1) is 5.10 Å². The molecular formula is C29H28FN9O2. The van der Waals surface area contributed by atoms with Crippen LogP contribution in [0.25, 0.3) is 22.1 Å². The molecule has 11 nitrogen and oxygen atoms in total. The second-order valence-electron chi connectivity index (χ2n) is 9.93. The largest absolute Gasteiger partial charge is 0.457 e. The van der Waals surface area contributed by atoms with Crippen LogP contribution in [-0.4, -0.2) is 66.4 Å². The second-order valence-corrected chi connectivity index (χ2v) is 9.93. The van der Waals surface area contributed by atoms with Gasteiger partial charge in [0.15, 0.2) is 11.6 Å². The Balaban J connectivity index is 1.25. The number of rotatable bonds is 6. The number of anilines is 3. The molecule has 4 heterocycles. The van der Waals surface area contributed by atoms with Crippen molar-refractivity contribution < 1.29 is 13.9 Å². The summed E-state index contributed by atoms with van der Waals surface area (Å²) in [5.41, 5.74) is 3.26. The Bertz CT molecular complexity index is 1800. The average molecular weight is 554 g/mol. The molecule has 1 saturated heterocycles. The summed E-state index contributed by atoms with van der Waals surface area (Å²) >= 11 is 0. The van der Waals surface area contributed by atoms with Gasteiger partial charge in [0.05, 0.1) is 16.7 Å². The fraction of sp³-hybridized carbons (Fsp3) is 0.241. The van der Waals surface area contributed by atoms with Crippen molar-refractivity contribution in [3.05, 3.63) is 72.8 Å². The Labute approximate surface area is 235 Å². The standard InChI is InChI=1S/C29H28FN9O2/c1-5-26(40)39-13-12-38(15-17(39)2)25-11-8-21-28(34-25)29(32-16-31-21)33-20-7-10-24(18(3)27(20)30)41-19-6-9-23-22(14-19)35-36-37(23)4/h5-11,14,16-17H,1,12-13,15H2,2-4H3,(H,31,32,33)/t17-/m1/s1. The normalized spacial score (nSPS) is 15.4. The Hall–Kier alpha value is -5.13. The van der Waals surface area contributed by atoms with E-state index in [1.54, 1.807) is 40.8 Å². The molecule has 1 aliphatic heterocycles. The van der Waals surface area contributed by atoms with Crippen molar-refractivity contribution in [1.82, 2.24) is 34.8 Å². The van der Waals surface area contributed by atoms with Crippen molar-refractivity contribution in [3.63, 3.8) is 0 Å². The lowest BCUT2D eigenvalue weighted by Crippen LogP contribution is -2.53. The molecule has 1 aliphatic rings. The van der Waals surface area contributed by atoms with Crippen LogP contribution >= 0.6 is 0 Å². The molecule has 208 valence electrons. The van der Waals surface area contributed by atoms with Gasteiger partial charge in [-0.2, -0.15) is 0 Å². The third-order valence-corrected chi connectivity index (χ3v) is 7.28. The number of aromatic nitrogens is 6. The van der Waals surface area contributed by atoms with Crippen LogP contribution in [0.15, 0.2) is 61.4 Å². The summed E-state index contributed by atoms with van der Waals surface area (Å²) in [5, 5.41) is 11.2. The summed E-state index contributed by atoms with van der Waals surface area (Å²) in [4.78, 5) is 29.6. The molecule has 0 bridgehead atoms. The van der Waals surface area contributed by atoms with Gasteiger partial charge in [-0.25, -0.2) is 24.0 Å². The average Bonchev–Trinajstić information content (AvgIpc) is 3.36. The van der Waals surface area contributed by atoms with Crippen molar-refractivity contribution in [2.75, 3.05) is 29.9 Å². The predicted octanol–water partition coefficient (Wildman–Crippen LogP) is 4.51. The van der Waals surface area contributed by atoms with E-state index < -0.39 is 5.82 Å². The zero-order valence-electron chi connectivity index (χ0n) is 22.9. The minimum Gasteiger partial charge on any atom is -0.457 e. The first-order valence-electron chi connectivity index (χ1n) is 13.2. The van der Waals surface area contributed by atoms with Crippen LogP contribution < -0.4 is 15.0 Å². The third-order valence-electron chi connectivity index (χ3n) is 7.28. The number of hydrogen-bond donors (Lipinski definition) is 1. The van der Waals surface area contributed by atoms with Crippen molar-refractivity contribution in [1.29, 1.82) is 0 Å². The number of nitrogens with zero attached hydrogens (tertiary/aromatic N) is 8. The highest BCUT2D eigenvalue weighted by molar-refractivity contribution is 5.89. The molecule has 0 aliphatic carbocycles. The number of fused-ring (bicyclic) bond motifs is 2. The van der Waals surface area contributed by atoms with Gasteiger partial charge in [0, 0.05) is 44.4 Å². The van der Waals surface area contributed by atoms with Crippen molar-refractivity contribution >= 4 is 45.3 Å². The summed E-state index contributed by atoms with van der Waals surface area (Å²) in [6, 6.07) is 12.5. The number of piperazine rings is 1. The van der Waals surface area contributed by atoms with Crippen LogP contribution in [0.4, 0.5) is 21.7 Å². The number of amides is 1. The van der Waals surface area contributed by atoms with Gasteiger partial charge in [-0.3, -0.25) is 4.79 Å². The first-order chi connectivity index (χ1) is 19.8. The second kappa shape index (κ2) is 10.5. The SMILES string of the molecule is C=CC(=O)N1CCN(c2ccc3ncnc(Nc4ccc(Oc5ccc6c(c5)nnn6C)c(C)c4F)c3n2)C[C@H]1C. The van der Waals surface area contributed by atoms with E-state index in [1.165, 1.54) is 12.4 Å². The van der Waals surface area contributed by atoms with Gasteiger partial charge in [-0.1, -0.05) is 11.8 Å². The van der Waals surface area contributed by atoms with Crippen LogP contribution in [0.5, 0.6) is 11.5 Å². The van der Waals surface area contributed by atoms with Crippen LogP contribution in [0.1, 0.15) is 12.5 Å². The fourth-order valence-corrected chi connectivity index (χ4v) is 5.02. The zero-order valence-corrected chi connectivity index (χ0v) is 22.9. The van der Waals surface area contributed by atoms with Gasteiger partial charge in [0.25, 0.3) is 0 Å². The maximum Gasteiger partial charge on any atom is 0.246 e. The highest BCUT2D eigenvalue weighted by atomic mass is 19.1. The number of nitrogens with one attached hydrogen (secondary N) is 1. The Morgan fingerprint density at radius 3 is 2.80 bits per heavy atom. The quantitative estimate of drug-likeness (QED) is 0.303. The first kappa shape index (κ1) is 26.1. The number of hydrogen-bond acceptors (Lipinski definition) is 9. The molecule has 3 aromatic heterocycles. The minimum absolute atomic E-state index is 0.00305. The Kier molecular flexibility index (Phi) is 6.66. The van der Waals surface area contributed by atoms with Crippen LogP contribution in [0.2, 0.25) is 0 Å². The van der Waals surface area contributed by atoms with E-state index >= 15 is 4.39 Å². The maximum atomic E-state index is 15.6. The van der Waals surface area contributed by atoms with Gasteiger partial charge in [0.2, 0.25) is 5.91 Å². The lowest BCUT2D eigenvalue weighted by atomic mass is 10.1. The zero-order chi connectivity index (χ0) is 28.7. The Morgan fingerprint density at radius 1 is 1.15 bits per heavy atom. The third kappa shape index (κ3) is 4.88. The highest BCUT2D eigenvalue weighted by Gasteiger charge is 2.27. The van der Waals surface area contributed by atoms with E-state index in [0.29, 0.717) is 59.1 Å². The molecule has 1 amide bonds. The van der Waals surface area contributed by atoms with Crippen molar-refractivity contribution in [2.24, 2.45) is 7.05 Å². The van der Waals surface area contributed by atoms with E-state index in [-0.39, 0.29) is 17.6 Å². The molecule has 0 saturated carbocycles. The van der Waals surface area contributed by atoms with Crippen LogP contribution in [-0.2, 0) is 11.8 Å². The summed E-state index contributed by atoms with van der Waals surface area (Å²) in [5.74, 6) is 1.47. The number of halogens is 1. The molecule has 41 heavy (non-hydrogen) atoms. The highest BCUT2D eigenvalue weighted by Crippen LogP contribution is 2.33. The van der Waals surface area contributed by atoms with Crippen LogP contribution in [0, 0.1) is 12.7 Å². The van der Waals surface area contributed by atoms with E-state index in [2.05, 4.69) is 37.1 Å². The summed E-state index contributed by atoms with van der Waals surface area (Å²) in [6.45, 7) is 9.05. The van der Waals surface area contributed by atoms with E-state index in [0.717, 1.165) is 11.3 Å². The monoisotopic (exact) mass is 553 g/mol. The lowest BCUT2D eigenvalue weighted by Gasteiger charge is -2.40. The number of carbonyl (C=O) groups excluding carboxylic acids is 1. The first-order valence-corrected chi connectivity index (χ1v) is 13.2. The number of aryl methyl sites for hydroxylation is 1. The van der Waals surface area contributed by atoms with E-state index in [4.69, 9.17) is 9.72 Å². The van der Waals surface area contributed by atoms with E-state index in [9.17, 15) is 4.79 Å². The molecule has 2 aromatic carbocycles. The van der Waals surface area contributed by atoms with Gasteiger partial charge < -0.3 is 19.9 Å². The van der Waals surface area contributed by atoms with Crippen molar-refractivity contribution in [3.8, 4) is 11.5 Å². The summed E-state index contributed by atoms with van der Waals surface area (Å²) in [7, 11) is 1.81. The minimum atomic E-state index is -0.470. The smallest absolute Gasteiger partial charge is 0.246 e. The molecular weight excluding hydrogens is 525 g/mol. The number of pyridine rings is 1. The maximum absolute atomic E-state index is 15.6. The van der Waals surface area contributed by atoms with Gasteiger partial charge >= 0.3 is 0 Å². The van der Waals surface area contributed by atoms with Gasteiger partial charge in [0.1, 0.15) is 34.7 Å². The molecule has 0 radical (unpaired) electrons. The molecule has 6 rings (SSSR count). The molecule has 1 N–H and O–H groups in total. The number of carbonyl (C=O) groups is 1.